The SMILES string of the molecule is COC1CCCC1.F[B-](F)(F)F.F[B-](F)(F)F.F[B-](F)(F)F.[KH]. The van der Waals surface area contributed by atoms with E-state index in [1.54, 1.807) is 7.11 Å². The molecule has 1 aliphatic carbocycles. The number of halogens is 12. The van der Waals surface area contributed by atoms with E-state index in [-0.39, 0.29) is 51.4 Å². The number of methoxy groups -OCH3 is 1. The van der Waals surface area contributed by atoms with Crippen molar-refractivity contribution in [2.45, 2.75) is 31.8 Å². The quantitative estimate of drug-likeness (QED) is 0.453. The second kappa shape index (κ2) is 15.2. The van der Waals surface area contributed by atoms with Crippen LogP contribution in [0.3, 0.4) is 0 Å². The minimum atomic E-state index is -6.00. The van der Waals surface area contributed by atoms with Gasteiger partial charge in [-0.25, -0.2) is 0 Å². The first kappa shape index (κ1) is 31.7. The summed E-state index contributed by atoms with van der Waals surface area (Å²) in [7, 11) is -16.2. The van der Waals surface area contributed by atoms with Gasteiger partial charge in [0.1, 0.15) is 0 Å². The molecule has 0 spiro atoms. The fraction of sp³-hybridized carbons (Fsp3) is 1.00. The molecular formula is C6H13B3F12KO-3. The molecule has 0 radical (unpaired) electrons. The molecule has 0 aliphatic heterocycles. The molecule has 0 saturated heterocycles. The minimum absolute atomic E-state index is 0. The van der Waals surface area contributed by atoms with E-state index in [4.69, 9.17) is 4.74 Å². The molecule has 1 aliphatic rings. The van der Waals surface area contributed by atoms with Gasteiger partial charge in [-0.3, -0.25) is 0 Å². The summed E-state index contributed by atoms with van der Waals surface area (Å²) in [6.07, 6.45) is 5.92. The fourth-order valence-electron chi connectivity index (χ4n) is 1.12. The summed E-state index contributed by atoms with van der Waals surface area (Å²) in [5.74, 6) is 0. The van der Waals surface area contributed by atoms with Crippen molar-refractivity contribution in [1.29, 1.82) is 0 Å². The van der Waals surface area contributed by atoms with Gasteiger partial charge < -0.3 is 56.5 Å². The van der Waals surface area contributed by atoms with E-state index in [0.29, 0.717) is 6.10 Å². The maximum absolute atomic E-state index is 9.75. The molecule has 1 saturated carbocycles. The van der Waals surface area contributed by atoms with E-state index >= 15 is 0 Å². The van der Waals surface area contributed by atoms with Crippen LogP contribution in [0.4, 0.5) is 51.8 Å². The van der Waals surface area contributed by atoms with Crippen molar-refractivity contribution in [3.8, 4) is 0 Å². The third-order valence-electron chi connectivity index (χ3n) is 1.64. The molecule has 0 heterocycles. The first-order valence-corrected chi connectivity index (χ1v) is 5.58. The van der Waals surface area contributed by atoms with Crippen LogP contribution in [0, 0.1) is 0 Å². The summed E-state index contributed by atoms with van der Waals surface area (Å²) in [5.41, 5.74) is 0. The first-order chi connectivity index (χ1) is 9.43. The van der Waals surface area contributed by atoms with Gasteiger partial charge in [0.2, 0.25) is 0 Å². The molecule has 1 rings (SSSR count). The van der Waals surface area contributed by atoms with Gasteiger partial charge in [-0.2, -0.15) is 0 Å². The molecule has 0 amide bonds. The Balaban J connectivity index is -0.000000105. The predicted molar refractivity (Wildman–Crippen MR) is 67.0 cm³/mol. The zero-order valence-electron chi connectivity index (χ0n) is 11.1. The Morgan fingerprint density at radius 3 is 0.870 bits per heavy atom. The molecule has 0 aromatic carbocycles. The molecule has 140 valence electrons. The van der Waals surface area contributed by atoms with Crippen molar-refractivity contribution >= 4 is 73.1 Å². The van der Waals surface area contributed by atoms with Crippen molar-refractivity contribution in [1.82, 2.24) is 0 Å². The third-order valence-corrected chi connectivity index (χ3v) is 1.64. The van der Waals surface area contributed by atoms with Crippen LogP contribution in [0.5, 0.6) is 0 Å². The molecule has 23 heavy (non-hydrogen) atoms. The Labute approximate surface area is 167 Å². The molecule has 0 aromatic rings. The van der Waals surface area contributed by atoms with E-state index in [1.807, 2.05) is 0 Å². The first-order valence-electron chi connectivity index (χ1n) is 5.58. The van der Waals surface area contributed by atoms with Crippen LogP contribution in [-0.4, -0.2) is 86.4 Å². The third kappa shape index (κ3) is 102. The number of hydrogen-bond acceptors (Lipinski definition) is 1. The number of ether oxygens (including phenoxy) is 1. The Morgan fingerprint density at radius 1 is 0.609 bits per heavy atom. The van der Waals surface area contributed by atoms with Gasteiger partial charge in [0.05, 0.1) is 6.10 Å². The van der Waals surface area contributed by atoms with Crippen molar-refractivity contribution in [3.05, 3.63) is 0 Å². The Hall–Kier alpha value is 0.951. The van der Waals surface area contributed by atoms with Gasteiger partial charge >= 0.3 is 73.1 Å². The van der Waals surface area contributed by atoms with Gasteiger partial charge in [0.25, 0.3) is 0 Å². The second-order valence-corrected chi connectivity index (χ2v) is 3.63. The summed E-state index contributed by atoms with van der Waals surface area (Å²) in [6.45, 7) is 0. The standard InChI is InChI=1S/C6H12O.3BF4.K.H/c1-7-6-4-2-3-5-6;3*2-1(3,4)5;;/h6H,2-5H2,1H3;;;;;/q;3*-1;;. The molecule has 0 atom stereocenters. The van der Waals surface area contributed by atoms with E-state index in [0.717, 1.165) is 0 Å². The summed E-state index contributed by atoms with van der Waals surface area (Å²) in [5, 5.41) is 0. The molecule has 1 fully saturated rings. The molecule has 17 heteroatoms. The Bertz CT molecular complexity index is 204. The maximum atomic E-state index is 9.75. The molecule has 0 bridgehead atoms. The van der Waals surface area contributed by atoms with Crippen molar-refractivity contribution in [3.63, 3.8) is 0 Å². The van der Waals surface area contributed by atoms with Gasteiger partial charge in [-0.15, -0.1) is 0 Å². The normalized spacial score (nSPS) is 15.0. The topological polar surface area (TPSA) is 9.23 Å². The summed E-state index contributed by atoms with van der Waals surface area (Å²) < 4.78 is 122. The number of hydrogen-bond donors (Lipinski definition) is 0. The van der Waals surface area contributed by atoms with Crippen LogP contribution in [-0.2, 0) is 4.74 Å². The average molecular weight is 401 g/mol. The van der Waals surface area contributed by atoms with E-state index < -0.39 is 21.8 Å². The number of rotatable bonds is 1. The summed E-state index contributed by atoms with van der Waals surface area (Å²) >= 11 is 0. The van der Waals surface area contributed by atoms with Gasteiger partial charge in [0, 0.05) is 7.11 Å². The molecule has 1 nitrogen and oxygen atoms in total. The van der Waals surface area contributed by atoms with Crippen LogP contribution in [0.1, 0.15) is 25.7 Å². The van der Waals surface area contributed by atoms with Crippen LogP contribution in [0.15, 0.2) is 0 Å². The molecule has 0 aromatic heterocycles. The molecule has 0 unspecified atom stereocenters. The van der Waals surface area contributed by atoms with Crippen LogP contribution < -0.4 is 0 Å². The zero-order valence-corrected chi connectivity index (χ0v) is 11.1. The van der Waals surface area contributed by atoms with Gasteiger partial charge in [-0.1, -0.05) is 12.8 Å². The molecular weight excluding hydrogens is 388 g/mol. The monoisotopic (exact) mass is 401 g/mol. The van der Waals surface area contributed by atoms with Crippen LogP contribution >= 0.6 is 0 Å². The van der Waals surface area contributed by atoms with E-state index in [2.05, 4.69) is 0 Å². The van der Waals surface area contributed by atoms with Crippen molar-refractivity contribution < 1.29 is 56.5 Å². The van der Waals surface area contributed by atoms with Crippen molar-refractivity contribution in [2.75, 3.05) is 7.11 Å². The average Bonchev–Trinajstić information content (AvgIpc) is 2.60. The Kier molecular flexibility index (Phi) is 21.0. The second-order valence-electron chi connectivity index (χ2n) is 3.63. The zero-order chi connectivity index (χ0) is 18.6. The van der Waals surface area contributed by atoms with Crippen molar-refractivity contribution in [2.24, 2.45) is 0 Å². The van der Waals surface area contributed by atoms with E-state index in [9.17, 15) is 51.8 Å². The Morgan fingerprint density at radius 2 is 0.783 bits per heavy atom. The predicted octanol–water partition coefficient (Wildman–Crippen LogP) is 4.83. The fourth-order valence-corrected chi connectivity index (χ4v) is 1.12. The van der Waals surface area contributed by atoms with Crippen LogP contribution in [0.25, 0.3) is 0 Å². The van der Waals surface area contributed by atoms with Gasteiger partial charge in [-0.05, 0) is 12.8 Å². The van der Waals surface area contributed by atoms with Gasteiger partial charge in [0.15, 0.2) is 0 Å². The summed E-state index contributed by atoms with van der Waals surface area (Å²) in [4.78, 5) is 0. The molecule has 0 N–H and O–H groups in total. The van der Waals surface area contributed by atoms with E-state index in [1.165, 1.54) is 25.7 Å². The van der Waals surface area contributed by atoms with Crippen LogP contribution in [0.2, 0.25) is 0 Å². The summed E-state index contributed by atoms with van der Waals surface area (Å²) in [6, 6.07) is 0.